The lowest BCUT2D eigenvalue weighted by Gasteiger charge is -2.39. The van der Waals surface area contributed by atoms with Crippen LogP contribution in [0.4, 0.5) is 0 Å². The Kier molecular flexibility index (Phi) is 8.51. The quantitative estimate of drug-likeness (QED) is 0.125. The lowest BCUT2D eigenvalue weighted by molar-refractivity contribution is -0.280. The van der Waals surface area contributed by atoms with E-state index in [4.69, 9.17) is 14.6 Å². The second-order valence-corrected chi connectivity index (χ2v) is 11.2. The van der Waals surface area contributed by atoms with Gasteiger partial charge in [0.1, 0.15) is 42.7 Å². The van der Waals surface area contributed by atoms with E-state index in [1.807, 2.05) is 0 Å². The van der Waals surface area contributed by atoms with Crippen LogP contribution in [-0.4, -0.2) is 122 Å². The third-order valence-corrected chi connectivity index (χ3v) is 8.27. The maximum absolute atomic E-state index is 12.3. The summed E-state index contributed by atoms with van der Waals surface area (Å²) in [6.07, 6.45) is -13.7. The average Bonchev–Trinajstić information content (AvgIpc) is 3.39. The first kappa shape index (κ1) is 29.3. The first-order valence-corrected chi connectivity index (χ1v) is 13.7. The summed E-state index contributed by atoms with van der Waals surface area (Å²) in [4.78, 5) is 41.6. The van der Waals surface area contributed by atoms with Gasteiger partial charge in [-0.1, -0.05) is 0 Å². The van der Waals surface area contributed by atoms with Gasteiger partial charge in [-0.2, -0.15) is 4.31 Å². The number of aliphatic hydroxyl groups is 6. The number of nitrogens with one attached hydrogen (secondary N) is 1. The molecule has 0 saturated carbocycles. The normalized spacial score (nSPS) is 37.2. The number of ether oxygens (including phenoxy) is 2. The van der Waals surface area contributed by atoms with Gasteiger partial charge in [-0.25, -0.2) is 19.1 Å². The largest absolute Gasteiger partial charge is 0.483 e. The number of rotatable bonds is 9. The highest BCUT2D eigenvalue weighted by molar-refractivity contribution is 7.61. The van der Waals surface area contributed by atoms with Crippen LogP contribution in [0.15, 0.2) is 17.4 Å². The Morgan fingerprint density at radius 2 is 1.63 bits per heavy atom. The monoisotopic (exact) mass is 590 g/mol. The number of fused-ring (bicyclic) bond motifs is 1. The van der Waals surface area contributed by atoms with Crippen LogP contribution in [0, 0.1) is 0 Å². The standard InChI is InChI=1S/C16H24N4O16P2/c21-1-5-8(22)10(24)12(26)16(34-5)35-38(30,31)36-37(28,29)32-2-6-9(23)11(25)15(33-6)20-4-19-7-13(20)17-3-18-14(7)27/h3-6,8-12,15-16,21-26H,1-2H2,(H,28,29)(H,30,31)(H,17,18,27)/t5-,6-,8-,9-,10+,11-,12+,15-,16-/m1/s1. The SMILES string of the molecule is O=c1[nH]cnc2c1ncn2[C@@H]1O[C@H](COP(=O)(O)OP(=O)(O)O[C@H]2O[C@H](CO)[C@@H](O)[C@H](O)[C@@H]2O)[C@@H](O)[C@H]1O. The summed E-state index contributed by atoms with van der Waals surface area (Å²) in [5.41, 5.74) is -0.683. The number of phosphoric acid groups is 2. The Balaban J connectivity index is 1.38. The van der Waals surface area contributed by atoms with Crippen LogP contribution >= 0.6 is 15.6 Å². The van der Waals surface area contributed by atoms with Crippen molar-refractivity contribution in [3.63, 3.8) is 0 Å². The smallest absolute Gasteiger partial charge is 0.394 e. The minimum Gasteiger partial charge on any atom is -0.394 e. The zero-order valence-electron chi connectivity index (χ0n) is 18.8. The van der Waals surface area contributed by atoms with E-state index < -0.39 is 89.7 Å². The molecule has 2 fully saturated rings. The number of imidazole rings is 1. The molecule has 2 aromatic heterocycles. The molecular formula is C16H24N4O16P2. The molecule has 0 spiro atoms. The minimum absolute atomic E-state index is 0.00528. The highest BCUT2D eigenvalue weighted by atomic mass is 31.3. The summed E-state index contributed by atoms with van der Waals surface area (Å²) in [7, 11) is -11.0. The molecule has 0 radical (unpaired) electrons. The van der Waals surface area contributed by atoms with E-state index in [0.717, 1.165) is 17.2 Å². The van der Waals surface area contributed by atoms with Crippen molar-refractivity contribution in [3.8, 4) is 0 Å². The first-order chi connectivity index (χ1) is 17.7. The number of hydrogen-bond acceptors (Lipinski definition) is 16. The fourth-order valence-electron chi connectivity index (χ4n) is 3.77. The van der Waals surface area contributed by atoms with E-state index in [-0.39, 0.29) is 11.2 Å². The van der Waals surface area contributed by atoms with E-state index in [9.17, 15) is 49.2 Å². The van der Waals surface area contributed by atoms with Crippen LogP contribution in [-0.2, 0) is 32.0 Å². The summed E-state index contributed by atoms with van der Waals surface area (Å²) in [5, 5.41) is 59.1. The molecule has 4 rings (SSSR count). The van der Waals surface area contributed by atoms with Crippen molar-refractivity contribution >= 4 is 26.8 Å². The van der Waals surface area contributed by atoms with Crippen molar-refractivity contribution in [2.75, 3.05) is 13.2 Å². The molecule has 22 heteroatoms. The van der Waals surface area contributed by atoms with E-state index in [0.29, 0.717) is 0 Å². The summed E-state index contributed by atoms with van der Waals surface area (Å²) in [5.74, 6) is 0. The van der Waals surface area contributed by atoms with Crippen LogP contribution in [0.5, 0.6) is 0 Å². The fourth-order valence-corrected chi connectivity index (χ4v) is 5.93. The van der Waals surface area contributed by atoms with E-state index in [1.54, 1.807) is 0 Å². The second-order valence-electron chi connectivity index (χ2n) is 8.22. The lowest BCUT2D eigenvalue weighted by atomic mass is 10.00. The highest BCUT2D eigenvalue weighted by Crippen LogP contribution is 2.61. The van der Waals surface area contributed by atoms with Gasteiger partial charge in [-0.05, 0) is 0 Å². The predicted molar refractivity (Wildman–Crippen MR) is 116 cm³/mol. The molecule has 0 amide bonds. The Hall–Kier alpha value is -1.71. The number of aliphatic hydroxyl groups excluding tert-OH is 6. The molecule has 4 heterocycles. The molecule has 2 aromatic rings. The van der Waals surface area contributed by atoms with Crippen molar-refractivity contribution in [2.45, 2.75) is 55.2 Å². The topological polar surface area (TPSA) is 306 Å². The molecule has 0 aliphatic carbocycles. The van der Waals surface area contributed by atoms with Crippen molar-refractivity contribution in [1.29, 1.82) is 0 Å². The van der Waals surface area contributed by atoms with E-state index >= 15 is 0 Å². The second kappa shape index (κ2) is 11.0. The molecule has 20 nitrogen and oxygen atoms in total. The Bertz CT molecular complexity index is 1290. The van der Waals surface area contributed by atoms with E-state index in [2.05, 4.69) is 28.3 Å². The van der Waals surface area contributed by atoms with Gasteiger partial charge in [0.15, 0.2) is 23.7 Å². The number of aromatic nitrogens is 4. The summed E-state index contributed by atoms with van der Waals surface area (Å²) in [6, 6.07) is 0. The Labute approximate surface area is 210 Å². The van der Waals surface area contributed by atoms with Crippen molar-refractivity contribution in [2.24, 2.45) is 0 Å². The molecule has 9 N–H and O–H groups in total. The van der Waals surface area contributed by atoms with Gasteiger partial charge < -0.3 is 54.9 Å². The zero-order valence-corrected chi connectivity index (χ0v) is 20.6. The van der Waals surface area contributed by atoms with Crippen LogP contribution in [0.25, 0.3) is 11.2 Å². The molecule has 2 aliphatic rings. The molecule has 2 saturated heterocycles. The van der Waals surface area contributed by atoms with Gasteiger partial charge in [0.05, 0.1) is 25.9 Å². The molecule has 11 atom stereocenters. The van der Waals surface area contributed by atoms with Crippen molar-refractivity contribution < 1.29 is 72.4 Å². The van der Waals surface area contributed by atoms with Gasteiger partial charge in [0.2, 0.25) is 0 Å². The Morgan fingerprint density at radius 3 is 2.32 bits per heavy atom. The van der Waals surface area contributed by atoms with E-state index in [1.165, 1.54) is 0 Å². The molecule has 214 valence electrons. The fraction of sp³-hybridized carbons (Fsp3) is 0.688. The minimum atomic E-state index is -5.58. The Morgan fingerprint density at radius 1 is 0.947 bits per heavy atom. The summed E-state index contributed by atoms with van der Waals surface area (Å²) < 4.78 is 49.1. The number of nitrogens with zero attached hydrogens (tertiary/aromatic N) is 3. The van der Waals surface area contributed by atoms with Gasteiger partial charge in [0, 0.05) is 0 Å². The first-order valence-electron chi connectivity index (χ1n) is 10.7. The third kappa shape index (κ3) is 5.89. The van der Waals surface area contributed by atoms with Crippen LogP contribution in [0.3, 0.4) is 0 Å². The van der Waals surface area contributed by atoms with Crippen molar-refractivity contribution in [3.05, 3.63) is 23.0 Å². The van der Waals surface area contributed by atoms with Gasteiger partial charge >= 0.3 is 15.6 Å². The van der Waals surface area contributed by atoms with Gasteiger partial charge in [-0.3, -0.25) is 18.4 Å². The van der Waals surface area contributed by atoms with Crippen molar-refractivity contribution in [1.82, 2.24) is 19.5 Å². The van der Waals surface area contributed by atoms with Gasteiger partial charge in [0.25, 0.3) is 5.56 Å². The van der Waals surface area contributed by atoms with Crippen LogP contribution < -0.4 is 5.56 Å². The summed E-state index contributed by atoms with van der Waals surface area (Å²) >= 11 is 0. The number of hydrogen-bond donors (Lipinski definition) is 9. The maximum atomic E-state index is 12.3. The molecule has 0 aromatic carbocycles. The predicted octanol–water partition coefficient (Wildman–Crippen LogP) is -4.21. The molecular weight excluding hydrogens is 566 g/mol. The third-order valence-electron chi connectivity index (χ3n) is 5.67. The number of aromatic amines is 1. The lowest BCUT2D eigenvalue weighted by Crippen LogP contribution is -2.58. The van der Waals surface area contributed by atoms with Crippen LogP contribution in [0.2, 0.25) is 0 Å². The molecule has 38 heavy (non-hydrogen) atoms. The van der Waals surface area contributed by atoms with Crippen LogP contribution in [0.1, 0.15) is 6.23 Å². The maximum Gasteiger partial charge on any atom is 0.483 e. The zero-order chi connectivity index (χ0) is 28.0. The van der Waals surface area contributed by atoms with Gasteiger partial charge in [-0.15, -0.1) is 0 Å². The molecule has 2 aliphatic heterocycles. The summed E-state index contributed by atoms with van der Waals surface area (Å²) in [6.45, 7) is -1.86. The number of H-pyrrole nitrogens is 1. The highest BCUT2D eigenvalue weighted by Gasteiger charge is 2.49. The number of phosphoric ester groups is 2. The molecule has 0 bridgehead atoms. The molecule has 2 unspecified atom stereocenters. The average molecular weight is 590 g/mol.